The lowest BCUT2D eigenvalue weighted by Crippen LogP contribution is -2.43. The fourth-order valence-corrected chi connectivity index (χ4v) is 2.16. The zero-order chi connectivity index (χ0) is 15.9. The van der Waals surface area contributed by atoms with E-state index >= 15 is 0 Å². The molecular formula is C16H16BrClN2O2. The number of rotatable bonds is 5. The maximum atomic E-state index is 11.8. The highest BCUT2D eigenvalue weighted by molar-refractivity contribution is 9.10. The van der Waals surface area contributed by atoms with E-state index in [-0.39, 0.29) is 6.03 Å². The monoisotopic (exact) mass is 382 g/mol. The van der Waals surface area contributed by atoms with Crippen molar-refractivity contribution in [3.63, 3.8) is 0 Å². The number of amides is 2. The summed E-state index contributed by atoms with van der Waals surface area (Å²) in [5.74, 6) is 0.644. The summed E-state index contributed by atoms with van der Waals surface area (Å²) in [5, 5.41) is 6.13. The van der Waals surface area contributed by atoms with Crippen molar-refractivity contribution in [1.29, 1.82) is 0 Å². The Labute approximate surface area is 142 Å². The zero-order valence-electron chi connectivity index (χ0n) is 12.0. The minimum absolute atomic E-state index is 0.288. The summed E-state index contributed by atoms with van der Waals surface area (Å²) in [7, 11) is 0. The first kappa shape index (κ1) is 16.6. The van der Waals surface area contributed by atoms with Crippen LogP contribution in [0.25, 0.3) is 0 Å². The molecule has 116 valence electrons. The summed E-state index contributed by atoms with van der Waals surface area (Å²) < 4.78 is 6.58. The van der Waals surface area contributed by atoms with E-state index in [9.17, 15) is 4.79 Å². The maximum absolute atomic E-state index is 11.8. The second-order valence-corrected chi connectivity index (χ2v) is 6.02. The van der Waals surface area contributed by atoms with E-state index < -0.39 is 6.23 Å². The topological polar surface area (TPSA) is 50.4 Å². The Morgan fingerprint density at radius 2 is 1.82 bits per heavy atom. The highest BCUT2D eigenvalue weighted by Gasteiger charge is 2.08. The van der Waals surface area contributed by atoms with Crippen LogP contribution in [-0.2, 0) is 6.54 Å². The van der Waals surface area contributed by atoms with Crippen LogP contribution >= 0.6 is 27.5 Å². The summed E-state index contributed by atoms with van der Waals surface area (Å²) in [5.41, 5.74) is 1.02. The summed E-state index contributed by atoms with van der Waals surface area (Å²) in [6, 6.07) is 14.4. The van der Waals surface area contributed by atoms with Gasteiger partial charge in [0.1, 0.15) is 5.75 Å². The predicted molar refractivity (Wildman–Crippen MR) is 91.1 cm³/mol. The van der Waals surface area contributed by atoms with Crippen molar-refractivity contribution in [2.45, 2.75) is 19.7 Å². The van der Waals surface area contributed by atoms with Gasteiger partial charge in [-0.1, -0.05) is 39.7 Å². The molecule has 4 nitrogen and oxygen atoms in total. The van der Waals surface area contributed by atoms with Gasteiger partial charge in [-0.2, -0.15) is 0 Å². The summed E-state index contributed by atoms with van der Waals surface area (Å²) >= 11 is 9.17. The fraction of sp³-hybridized carbons (Fsp3) is 0.188. The third-order valence-corrected chi connectivity index (χ3v) is 3.61. The molecule has 0 aliphatic rings. The second kappa shape index (κ2) is 8.06. The largest absolute Gasteiger partial charge is 0.471 e. The number of halogens is 2. The van der Waals surface area contributed by atoms with Gasteiger partial charge >= 0.3 is 6.03 Å². The van der Waals surface area contributed by atoms with Crippen LogP contribution in [-0.4, -0.2) is 12.3 Å². The van der Waals surface area contributed by atoms with Crippen LogP contribution in [0, 0.1) is 0 Å². The molecule has 6 heteroatoms. The highest BCUT2D eigenvalue weighted by Crippen LogP contribution is 2.16. The molecule has 2 rings (SSSR count). The number of carbonyl (C=O) groups excluding carboxylic acids is 1. The van der Waals surface area contributed by atoms with Crippen molar-refractivity contribution in [3.8, 4) is 5.75 Å². The Balaban J connectivity index is 1.76. The lowest BCUT2D eigenvalue weighted by atomic mass is 10.2. The van der Waals surface area contributed by atoms with Crippen molar-refractivity contribution in [1.82, 2.24) is 10.6 Å². The van der Waals surface area contributed by atoms with E-state index in [1.54, 1.807) is 31.2 Å². The van der Waals surface area contributed by atoms with Gasteiger partial charge in [0.2, 0.25) is 0 Å². The number of nitrogens with one attached hydrogen (secondary N) is 2. The van der Waals surface area contributed by atoms with Crippen LogP contribution < -0.4 is 15.4 Å². The van der Waals surface area contributed by atoms with Crippen LogP contribution in [0.15, 0.2) is 53.0 Å². The quantitative estimate of drug-likeness (QED) is 0.755. The van der Waals surface area contributed by atoms with Crippen LogP contribution in [0.3, 0.4) is 0 Å². The summed E-state index contributed by atoms with van der Waals surface area (Å²) in [6.45, 7) is 2.21. The molecule has 22 heavy (non-hydrogen) atoms. The molecule has 0 radical (unpaired) electrons. The first-order valence-electron chi connectivity index (χ1n) is 6.74. The molecule has 2 N–H and O–H groups in total. The van der Waals surface area contributed by atoms with Crippen molar-refractivity contribution in [2.75, 3.05) is 0 Å². The Morgan fingerprint density at radius 3 is 2.45 bits per heavy atom. The van der Waals surface area contributed by atoms with Crippen molar-refractivity contribution < 1.29 is 9.53 Å². The molecule has 0 saturated carbocycles. The molecule has 2 amide bonds. The zero-order valence-corrected chi connectivity index (χ0v) is 14.3. The first-order valence-corrected chi connectivity index (χ1v) is 7.91. The molecule has 0 spiro atoms. The highest BCUT2D eigenvalue weighted by atomic mass is 79.9. The van der Waals surface area contributed by atoms with Gasteiger partial charge in [0, 0.05) is 16.0 Å². The minimum Gasteiger partial charge on any atom is -0.471 e. The Morgan fingerprint density at radius 1 is 1.18 bits per heavy atom. The number of benzene rings is 2. The predicted octanol–water partition coefficient (Wildman–Crippen LogP) is 4.33. The normalized spacial score (nSPS) is 11.6. The SMILES string of the molecule is CC(NC(=O)NCc1ccc(Br)cc1)Oc1ccc(Cl)cc1. The van der Waals surface area contributed by atoms with Gasteiger partial charge in [-0.15, -0.1) is 0 Å². The number of ether oxygens (including phenoxy) is 1. The number of urea groups is 1. The van der Waals surface area contributed by atoms with Gasteiger partial charge in [-0.25, -0.2) is 4.79 Å². The smallest absolute Gasteiger partial charge is 0.317 e. The molecule has 0 saturated heterocycles. The Hall–Kier alpha value is -1.72. The van der Waals surface area contributed by atoms with Crippen molar-refractivity contribution >= 4 is 33.6 Å². The third-order valence-electron chi connectivity index (χ3n) is 2.83. The Bertz CT molecular complexity index is 617. The average Bonchev–Trinajstić information content (AvgIpc) is 2.49. The molecule has 1 atom stereocenters. The standard InChI is InChI=1S/C16H16BrClN2O2/c1-11(22-15-8-6-14(18)7-9-15)20-16(21)19-10-12-2-4-13(17)5-3-12/h2-9,11H,10H2,1H3,(H2,19,20,21). The van der Waals surface area contributed by atoms with Gasteiger partial charge in [-0.3, -0.25) is 0 Å². The lowest BCUT2D eigenvalue weighted by molar-refractivity contribution is 0.177. The number of hydrogen-bond donors (Lipinski definition) is 2. The van der Waals surface area contributed by atoms with Crippen molar-refractivity contribution in [2.24, 2.45) is 0 Å². The minimum atomic E-state index is -0.453. The molecule has 2 aromatic rings. The Kier molecular flexibility index (Phi) is 6.10. The van der Waals surface area contributed by atoms with Gasteiger partial charge < -0.3 is 15.4 Å². The molecule has 2 aromatic carbocycles. The molecule has 0 aliphatic carbocycles. The molecule has 1 unspecified atom stereocenters. The van der Waals surface area contributed by atoms with E-state index in [4.69, 9.17) is 16.3 Å². The third kappa shape index (κ3) is 5.58. The average molecular weight is 384 g/mol. The van der Waals surface area contributed by atoms with E-state index in [2.05, 4.69) is 26.6 Å². The fourth-order valence-electron chi connectivity index (χ4n) is 1.77. The van der Waals surface area contributed by atoms with Crippen LogP contribution in [0.4, 0.5) is 4.79 Å². The van der Waals surface area contributed by atoms with Crippen LogP contribution in [0.2, 0.25) is 5.02 Å². The molecule has 0 aromatic heterocycles. The summed E-state index contributed by atoms with van der Waals surface area (Å²) in [4.78, 5) is 11.8. The number of hydrogen-bond acceptors (Lipinski definition) is 2. The van der Waals surface area contributed by atoms with Crippen molar-refractivity contribution in [3.05, 3.63) is 63.6 Å². The van der Waals surface area contributed by atoms with E-state index in [1.165, 1.54) is 0 Å². The molecule has 0 aliphatic heterocycles. The maximum Gasteiger partial charge on any atom is 0.317 e. The van der Waals surface area contributed by atoms with E-state index in [0.717, 1.165) is 10.0 Å². The van der Waals surface area contributed by atoms with Crippen LogP contribution in [0.1, 0.15) is 12.5 Å². The molecule has 0 fully saturated rings. The second-order valence-electron chi connectivity index (χ2n) is 4.67. The molecular weight excluding hydrogens is 368 g/mol. The number of carbonyl (C=O) groups is 1. The lowest BCUT2D eigenvalue weighted by Gasteiger charge is -2.16. The van der Waals surface area contributed by atoms with Crippen LogP contribution in [0.5, 0.6) is 5.75 Å². The van der Waals surface area contributed by atoms with Gasteiger partial charge in [-0.05, 0) is 48.9 Å². The van der Waals surface area contributed by atoms with E-state index in [1.807, 2.05) is 24.3 Å². The van der Waals surface area contributed by atoms with Gasteiger partial charge in [0.15, 0.2) is 6.23 Å². The molecule has 0 bridgehead atoms. The summed E-state index contributed by atoms with van der Waals surface area (Å²) in [6.07, 6.45) is -0.453. The first-order chi connectivity index (χ1) is 10.5. The van der Waals surface area contributed by atoms with E-state index in [0.29, 0.717) is 17.3 Å². The van der Waals surface area contributed by atoms with Gasteiger partial charge in [0.25, 0.3) is 0 Å². The van der Waals surface area contributed by atoms with Gasteiger partial charge in [0.05, 0.1) is 0 Å². The molecule has 0 heterocycles.